The summed E-state index contributed by atoms with van der Waals surface area (Å²) in [7, 11) is 0. The molecule has 178 valence electrons. The molecule has 0 aromatic carbocycles. The van der Waals surface area contributed by atoms with Crippen LogP contribution in [-0.4, -0.2) is 50.8 Å². The Hall–Kier alpha value is -3.31. The molecule has 0 radical (unpaired) electrons. The number of carbonyl (C=O) groups is 4. The number of nitrogens with one attached hydrogen (secondary N) is 4. The van der Waals surface area contributed by atoms with Crippen molar-refractivity contribution in [2.24, 2.45) is 11.8 Å². The highest BCUT2D eigenvalue weighted by Crippen LogP contribution is 2.10. The lowest BCUT2D eigenvalue weighted by Crippen LogP contribution is -2.52. The summed E-state index contributed by atoms with van der Waals surface area (Å²) in [4.78, 5) is 64.6. The second-order valence-corrected chi connectivity index (χ2v) is 8.24. The second-order valence-electron chi connectivity index (χ2n) is 8.24. The van der Waals surface area contributed by atoms with E-state index in [2.05, 4.69) is 20.9 Å². The summed E-state index contributed by atoms with van der Waals surface area (Å²) in [5.74, 6) is -4.47. The molecular weight excluding hydrogens is 425 g/mol. The minimum Gasteiger partial charge on any atom is -0.480 e. The Morgan fingerprint density at radius 1 is 1.00 bits per heavy atom. The maximum atomic E-state index is 13.5. The second kappa shape index (κ2) is 12.5. The molecule has 0 saturated heterocycles. The van der Waals surface area contributed by atoms with Crippen LogP contribution in [0.4, 0.5) is 10.2 Å². The average Bonchev–Trinajstić information content (AvgIpc) is 2.67. The lowest BCUT2D eigenvalue weighted by Gasteiger charge is -2.23. The van der Waals surface area contributed by atoms with Gasteiger partial charge in [0.25, 0.3) is 0 Å². The topological polar surface area (TPSA) is 170 Å². The molecule has 0 spiro atoms. The molecule has 2 atom stereocenters. The molecule has 12 heteroatoms. The van der Waals surface area contributed by atoms with Gasteiger partial charge in [-0.25, -0.2) is 14.0 Å². The molecule has 11 nitrogen and oxygen atoms in total. The van der Waals surface area contributed by atoms with Crippen LogP contribution in [0.1, 0.15) is 53.4 Å². The van der Waals surface area contributed by atoms with Gasteiger partial charge in [-0.1, -0.05) is 27.7 Å². The summed E-state index contributed by atoms with van der Waals surface area (Å²) >= 11 is 0. The predicted octanol–water partition coefficient (Wildman–Crippen LogP) is 0.774. The maximum absolute atomic E-state index is 13.5. The molecule has 0 bridgehead atoms. The highest BCUT2D eigenvalue weighted by Gasteiger charge is 2.27. The Balaban J connectivity index is 2.69. The van der Waals surface area contributed by atoms with Crippen molar-refractivity contribution in [1.82, 2.24) is 20.6 Å². The Labute approximate surface area is 184 Å². The number of carbonyl (C=O) groups excluding carboxylic acids is 3. The van der Waals surface area contributed by atoms with E-state index in [1.54, 1.807) is 0 Å². The van der Waals surface area contributed by atoms with Crippen LogP contribution in [0, 0.1) is 17.7 Å². The highest BCUT2D eigenvalue weighted by molar-refractivity contribution is 5.94. The molecule has 0 aliphatic heterocycles. The van der Waals surface area contributed by atoms with Crippen molar-refractivity contribution in [3.05, 3.63) is 22.5 Å². The van der Waals surface area contributed by atoms with E-state index >= 15 is 0 Å². The zero-order valence-corrected chi connectivity index (χ0v) is 18.5. The number of aliphatic carboxylic acids is 1. The summed E-state index contributed by atoms with van der Waals surface area (Å²) in [6, 6.07) is -2.06. The number of amides is 3. The largest absolute Gasteiger partial charge is 0.480 e. The van der Waals surface area contributed by atoms with E-state index in [-0.39, 0.29) is 37.5 Å². The molecule has 0 unspecified atom stereocenters. The fourth-order valence-electron chi connectivity index (χ4n) is 2.83. The highest BCUT2D eigenvalue weighted by atomic mass is 19.1. The summed E-state index contributed by atoms with van der Waals surface area (Å²) in [6.45, 7) is 7.33. The predicted molar refractivity (Wildman–Crippen MR) is 113 cm³/mol. The Kier molecular flexibility index (Phi) is 10.5. The molecule has 5 N–H and O–H groups in total. The van der Waals surface area contributed by atoms with Gasteiger partial charge in [0.1, 0.15) is 12.1 Å². The molecule has 0 saturated carbocycles. The van der Waals surface area contributed by atoms with Crippen molar-refractivity contribution in [3.63, 3.8) is 0 Å². The van der Waals surface area contributed by atoms with Gasteiger partial charge < -0.3 is 21.1 Å². The minimum atomic E-state index is -1.17. The van der Waals surface area contributed by atoms with Crippen molar-refractivity contribution in [2.45, 2.75) is 65.5 Å². The molecular formula is C20H30FN5O6. The van der Waals surface area contributed by atoms with E-state index in [1.165, 1.54) is 0 Å². The van der Waals surface area contributed by atoms with Crippen LogP contribution in [0.2, 0.25) is 0 Å². The van der Waals surface area contributed by atoms with Crippen LogP contribution in [0.15, 0.2) is 11.0 Å². The monoisotopic (exact) mass is 455 g/mol. The molecule has 1 aromatic heterocycles. The number of aromatic nitrogens is 2. The molecule has 1 rings (SSSR count). The van der Waals surface area contributed by atoms with Crippen molar-refractivity contribution in [3.8, 4) is 0 Å². The van der Waals surface area contributed by atoms with Crippen LogP contribution >= 0.6 is 0 Å². The van der Waals surface area contributed by atoms with Gasteiger partial charge in [0.15, 0.2) is 11.6 Å². The minimum absolute atomic E-state index is 0.0224. The first-order valence-electron chi connectivity index (χ1n) is 10.3. The Morgan fingerprint density at radius 3 is 2.12 bits per heavy atom. The normalized spacial score (nSPS) is 12.8. The summed E-state index contributed by atoms with van der Waals surface area (Å²) < 4.78 is 13.5. The van der Waals surface area contributed by atoms with E-state index < -0.39 is 53.1 Å². The van der Waals surface area contributed by atoms with Gasteiger partial charge >= 0.3 is 11.7 Å². The number of aromatic amines is 1. The van der Waals surface area contributed by atoms with Crippen molar-refractivity contribution < 1.29 is 28.7 Å². The smallest absolute Gasteiger partial charge is 0.346 e. The van der Waals surface area contributed by atoms with Gasteiger partial charge in [-0.05, 0) is 24.7 Å². The van der Waals surface area contributed by atoms with Gasteiger partial charge in [-0.3, -0.25) is 19.4 Å². The van der Waals surface area contributed by atoms with Crippen LogP contribution in [-0.2, 0) is 19.2 Å². The average molecular weight is 455 g/mol. The van der Waals surface area contributed by atoms with Crippen LogP contribution in [0.3, 0.4) is 0 Å². The van der Waals surface area contributed by atoms with Gasteiger partial charge in [0.05, 0.1) is 6.20 Å². The van der Waals surface area contributed by atoms with Crippen molar-refractivity contribution in [2.75, 3.05) is 5.32 Å². The molecule has 3 amide bonds. The van der Waals surface area contributed by atoms with E-state index in [4.69, 9.17) is 0 Å². The third-order valence-corrected chi connectivity index (χ3v) is 4.29. The quantitative estimate of drug-likeness (QED) is 0.310. The van der Waals surface area contributed by atoms with Crippen LogP contribution < -0.4 is 21.6 Å². The Bertz CT molecular complexity index is 885. The molecule has 32 heavy (non-hydrogen) atoms. The molecule has 1 aromatic rings. The lowest BCUT2D eigenvalue weighted by molar-refractivity contribution is -0.142. The number of carboxylic acid groups (broad SMARTS) is 1. The number of halogens is 1. The first kappa shape index (κ1) is 26.7. The van der Waals surface area contributed by atoms with Gasteiger partial charge in [-0.2, -0.15) is 4.98 Å². The van der Waals surface area contributed by atoms with Crippen LogP contribution in [0.5, 0.6) is 0 Å². The summed E-state index contributed by atoms with van der Waals surface area (Å²) in [5.41, 5.74) is -0.848. The third kappa shape index (κ3) is 9.67. The number of hydrogen-bond donors (Lipinski definition) is 5. The van der Waals surface area contributed by atoms with E-state index in [0.717, 1.165) is 0 Å². The number of nitrogens with zero attached hydrogens (tertiary/aromatic N) is 1. The zero-order valence-electron chi connectivity index (χ0n) is 18.5. The van der Waals surface area contributed by atoms with Crippen molar-refractivity contribution >= 4 is 29.5 Å². The standard InChI is InChI=1S/C20H30FN5O6/c1-10(2)7-13(18(29)24-14(19(30)31)8-11(3)4)23-15(27)5-6-16(28)25-17-12(21)9-22-20(32)26-17/h9-11,13-14H,5-8H2,1-4H3,(H,23,27)(H,24,29)(H,30,31)(H2,22,25,26,28,32)/t13-,14-/m0/s1. The summed E-state index contributed by atoms with van der Waals surface area (Å²) in [5, 5.41) is 16.4. The SMILES string of the molecule is CC(C)C[C@H](NC(=O)[C@H](CC(C)C)NC(=O)CCC(=O)Nc1[nH]c(=O)ncc1F)C(=O)O. The fourth-order valence-corrected chi connectivity index (χ4v) is 2.83. The molecule has 0 fully saturated rings. The van der Waals surface area contributed by atoms with Crippen molar-refractivity contribution in [1.29, 1.82) is 0 Å². The molecule has 0 aliphatic carbocycles. The maximum Gasteiger partial charge on any atom is 0.346 e. The zero-order chi connectivity index (χ0) is 24.4. The lowest BCUT2D eigenvalue weighted by atomic mass is 10.0. The molecule has 1 heterocycles. The number of hydrogen-bond acceptors (Lipinski definition) is 6. The Morgan fingerprint density at radius 2 is 1.56 bits per heavy atom. The van der Waals surface area contributed by atoms with Gasteiger partial charge in [0, 0.05) is 12.8 Å². The first-order valence-corrected chi connectivity index (χ1v) is 10.3. The van der Waals surface area contributed by atoms with Gasteiger partial charge in [-0.15, -0.1) is 0 Å². The van der Waals surface area contributed by atoms with E-state index in [9.17, 15) is 33.5 Å². The molecule has 0 aliphatic rings. The number of anilines is 1. The third-order valence-electron chi connectivity index (χ3n) is 4.29. The fraction of sp³-hybridized carbons (Fsp3) is 0.600. The van der Waals surface area contributed by atoms with Crippen LogP contribution in [0.25, 0.3) is 0 Å². The van der Waals surface area contributed by atoms with Gasteiger partial charge in [0.2, 0.25) is 17.7 Å². The number of carboxylic acids is 1. The van der Waals surface area contributed by atoms with E-state index in [1.807, 2.05) is 32.7 Å². The number of rotatable bonds is 12. The first-order chi connectivity index (χ1) is 14.9. The van der Waals surface area contributed by atoms with E-state index in [0.29, 0.717) is 6.20 Å². The summed E-state index contributed by atoms with van der Waals surface area (Å²) in [6.07, 6.45) is 0.508. The number of H-pyrrole nitrogens is 1.